The first-order valence-corrected chi connectivity index (χ1v) is 6.16. The van der Waals surface area contributed by atoms with Gasteiger partial charge in [-0.05, 0) is 0 Å². The Balaban J connectivity index is 1.80. The summed E-state index contributed by atoms with van der Waals surface area (Å²) in [4.78, 5) is 6.45. The molecule has 0 aromatic carbocycles. The third-order valence-corrected chi connectivity index (χ3v) is 2.87. The summed E-state index contributed by atoms with van der Waals surface area (Å²) in [5, 5.41) is 3.02. The lowest BCUT2D eigenvalue weighted by Crippen LogP contribution is -2.38. The largest absolute Gasteiger partial charge is 0.476 e. The van der Waals surface area contributed by atoms with Crippen LogP contribution in [0.1, 0.15) is 0 Å². The van der Waals surface area contributed by atoms with Crippen molar-refractivity contribution in [3.63, 3.8) is 0 Å². The monoisotopic (exact) mass is 252 g/mol. The molecule has 0 bridgehead atoms. The molecule has 2 rings (SSSR count). The molecule has 2 heterocycles. The van der Waals surface area contributed by atoms with E-state index in [0.29, 0.717) is 18.3 Å². The second-order valence-corrected chi connectivity index (χ2v) is 4.17. The van der Waals surface area contributed by atoms with Crippen molar-refractivity contribution in [2.24, 2.45) is 0 Å². The van der Waals surface area contributed by atoms with Crippen molar-refractivity contribution in [2.75, 3.05) is 57.6 Å². The Kier molecular flexibility index (Phi) is 4.60. The molecule has 1 aliphatic rings. The van der Waals surface area contributed by atoms with Gasteiger partial charge in [0.25, 0.3) is 0 Å². The lowest BCUT2D eigenvalue weighted by molar-refractivity contribution is 0.0320. The number of aromatic nitrogens is 1. The predicted molar refractivity (Wildman–Crippen MR) is 71.0 cm³/mol. The van der Waals surface area contributed by atoms with E-state index in [1.807, 2.05) is 13.1 Å². The maximum absolute atomic E-state index is 5.69. The second-order valence-electron chi connectivity index (χ2n) is 4.17. The van der Waals surface area contributed by atoms with Gasteiger partial charge in [-0.1, -0.05) is 0 Å². The number of ether oxygens (including phenoxy) is 2. The molecule has 3 N–H and O–H groups in total. The van der Waals surface area contributed by atoms with Crippen LogP contribution >= 0.6 is 0 Å². The summed E-state index contributed by atoms with van der Waals surface area (Å²) in [5.41, 5.74) is 6.60. The number of anilines is 2. The molecule has 0 unspecified atom stereocenters. The van der Waals surface area contributed by atoms with Gasteiger partial charge in [0.2, 0.25) is 5.88 Å². The summed E-state index contributed by atoms with van der Waals surface area (Å²) < 4.78 is 10.9. The molecule has 6 heteroatoms. The van der Waals surface area contributed by atoms with Gasteiger partial charge in [0, 0.05) is 44.5 Å². The fourth-order valence-corrected chi connectivity index (χ4v) is 1.85. The van der Waals surface area contributed by atoms with Gasteiger partial charge in [-0.25, -0.2) is 0 Å². The number of morpholine rings is 1. The van der Waals surface area contributed by atoms with Crippen LogP contribution in [0.2, 0.25) is 0 Å². The van der Waals surface area contributed by atoms with Crippen molar-refractivity contribution in [3.05, 3.63) is 12.1 Å². The Morgan fingerprint density at radius 3 is 2.94 bits per heavy atom. The highest BCUT2D eigenvalue weighted by Crippen LogP contribution is 2.17. The highest BCUT2D eigenvalue weighted by atomic mass is 16.5. The summed E-state index contributed by atoms with van der Waals surface area (Å²) in [5.74, 6) is 1.02. The smallest absolute Gasteiger partial charge is 0.217 e. The molecule has 1 fully saturated rings. The topological polar surface area (TPSA) is 72.6 Å². The van der Waals surface area contributed by atoms with E-state index in [0.717, 1.165) is 38.5 Å². The minimum absolute atomic E-state index is 0.461. The standard InChI is InChI=1S/C12H20N4O2/c1-14-10-8-11(13)15-12(9-10)18-7-4-16-2-5-17-6-3-16/h8-9H,2-7H2,1H3,(H3,13,14,15). The van der Waals surface area contributed by atoms with Gasteiger partial charge < -0.3 is 20.5 Å². The fraction of sp³-hybridized carbons (Fsp3) is 0.583. The third kappa shape index (κ3) is 3.75. The molecular weight excluding hydrogens is 232 g/mol. The Bertz CT molecular complexity index is 380. The number of nitrogens with one attached hydrogen (secondary N) is 1. The molecule has 0 amide bonds. The number of rotatable bonds is 5. The van der Waals surface area contributed by atoms with Gasteiger partial charge in [0.1, 0.15) is 12.4 Å². The zero-order chi connectivity index (χ0) is 12.8. The van der Waals surface area contributed by atoms with Crippen LogP contribution in [0, 0.1) is 0 Å². The Hall–Kier alpha value is -1.53. The Labute approximate surface area is 107 Å². The normalized spacial score (nSPS) is 16.5. The first kappa shape index (κ1) is 12.9. The van der Waals surface area contributed by atoms with E-state index in [-0.39, 0.29) is 0 Å². The van der Waals surface area contributed by atoms with Gasteiger partial charge in [0.05, 0.1) is 13.2 Å². The van der Waals surface area contributed by atoms with Crippen molar-refractivity contribution in [2.45, 2.75) is 0 Å². The average molecular weight is 252 g/mol. The van der Waals surface area contributed by atoms with Crippen LogP contribution in [-0.2, 0) is 4.74 Å². The molecule has 0 atom stereocenters. The molecule has 1 aliphatic heterocycles. The quantitative estimate of drug-likeness (QED) is 0.791. The van der Waals surface area contributed by atoms with Crippen molar-refractivity contribution < 1.29 is 9.47 Å². The highest BCUT2D eigenvalue weighted by Gasteiger charge is 2.10. The molecule has 1 aromatic heterocycles. The van der Waals surface area contributed by atoms with E-state index < -0.39 is 0 Å². The van der Waals surface area contributed by atoms with E-state index in [4.69, 9.17) is 15.2 Å². The summed E-state index contributed by atoms with van der Waals surface area (Å²) in [6.45, 7) is 5.04. The summed E-state index contributed by atoms with van der Waals surface area (Å²) in [6, 6.07) is 3.62. The zero-order valence-corrected chi connectivity index (χ0v) is 10.7. The first-order chi connectivity index (χ1) is 8.78. The van der Waals surface area contributed by atoms with Crippen molar-refractivity contribution in [3.8, 4) is 5.88 Å². The molecule has 6 nitrogen and oxygen atoms in total. The zero-order valence-electron chi connectivity index (χ0n) is 10.7. The van der Waals surface area contributed by atoms with Gasteiger partial charge in [-0.2, -0.15) is 4.98 Å². The molecule has 0 aliphatic carbocycles. The summed E-state index contributed by atoms with van der Waals surface area (Å²) >= 11 is 0. The SMILES string of the molecule is CNc1cc(N)nc(OCCN2CCOCC2)c1. The van der Waals surface area contributed by atoms with Crippen LogP contribution < -0.4 is 15.8 Å². The lowest BCUT2D eigenvalue weighted by atomic mass is 10.4. The van der Waals surface area contributed by atoms with E-state index in [1.54, 1.807) is 6.07 Å². The third-order valence-electron chi connectivity index (χ3n) is 2.87. The van der Waals surface area contributed by atoms with Crippen molar-refractivity contribution >= 4 is 11.5 Å². The summed E-state index contributed by atoms with van der Waals surface area (Å²) in [7, 11) is 1.84. The number of nitrogens with zero attached hydrogens (tertiary/aromatic N) is 2. The molecular formula is C12H20N4O2. The first-order valence-electron chi connectivity index (χ1n) is 6.16. The number of pyridine rings is 1. The lowest BCUT2D eigenvalue weighted by Gasteiger charge is -2.26. The molecule has 1 aromatic rings. The Morgan fingerprint density at radius 2 is 2.22 bits per heavy atom. The molecule has 0 saturated carbocycles. The van der Waals surface area contributed by atoms with Crippen LogP contribution in [0.25, 0.3) is 0 Å². The van der Waals surface area contributed by atoms with Crippen molar-refractivity contribution in [1.82, 2.24) is 9.88 Å². The van der Waals surface area contributed by atoms with Crippen molar-refractivity contribution in [1.29, 1.82) is 0 Å². The predicted octanol–water partition coefficient (Wildman–Crippen LogP) is 0.417. The number of nitrogens with two attached hydrogens (primary N) is 1. The Morgan fingerprint density at radius 1 is 1.44 bits per heavy atom. The molecule has 0 radical (unpaired) electrons. The van der Waals surface area contributed by atoms with Crippen LogP contribution in [0.5, 0.6) is 5.88 Å². The van der Waals surface area contributed by atoms with Gasteiger partial charge in [-0.3, -0.25) is 4.90 Å². The summed E-state index contributed by atoms with van der Waals surface area (Å²) in [6.07, 6.45) is 0. The van der Waals surface area contributed by atoms with E-state index in [1.165, 1.54) is 0 Å². The minimum Gasteiger partial charge on any atom is -0.476 e. The van der Waals surface area contributed by atoms with E-state index in [2.05, 4.69) is 15.2 Å². The van der Waals surface area contributed by atoms with Crippen LogP contribution in [0.4, 0.5) is 11.5 Å². The van der Waals surface area contributed by atoms with Crippen LogP contribution in [0.3, 0.4) is 0 Å². The minimum atomic E-state index is 0.461. The molecule has 18 heavy (non-hydrogen) atoms. The number of hydrogen-bond acceptors (Lipinski definition) is 6. The van der Waals surface area contributed by atoms with Crippen LogP contribution in [-0.4, -0.2) is 56.4 Å². The average Bonchev–Trinajstić information content (AvgIpc) is 2.39. The highest BCUT2D eigenvalue weighted by molar-refractivity contribution is 5.52. The molecule has 0 spiro atoms. The van der Waals surface area contributed by atoms with E-state index in [9.17, 15) is 0 Å². The number of nitrogen functional groups attached to an aromatic ring is 1. The van der Waals surface area contributed by atoms with Crippen LogP contribution in [0.15, 0.2) is 12.1 Å². The van der Waals surface area contributed by atoms with Gasteiger partial charge in [0.15, 0.2) is 0 Å². The van der Waals surface area contributed by atoms with E-state index >= 15 is 0 Å². The van der Waals surface area contributed by atoms with Gasteiger partial charge in [-0.15, -0.1) is 0 Å². The maximum atomic E-state index is 5.69. The fourth-order valence-electron chi connectivity index (χ4n) is 1.85. The number of hydrogen-bond donors (Lipinski definition) is 2. The second kappa shape index (κ2) is 6.42. The molecule has 1 saturated heterocycles. The maximum Gasteiger partial charge on any atom is 0.217 e. The molecule has 100 valence electrons. The van der Waals surface area contributed by atoms with Gasteiger partial charge >= 0.3 is 0 Å².